The Morgan fingerprint density at radius 2 is 1.88 bits per heavy atom. The van der Waals surface area contributed by atoms with E-state index in [4.69, 9.17) is 15.6 Å². The van der Waals surface area contributed by atoms with Crippen LogP contribution in [-0.2, 0) is 6.54 Å². The molecule has 0 aliphatic heterocycles. The molecule has 13 nitrogen and oxygen atoms in total. The minimum absolute atomic E-state index is 0.110. The quantitative estimate of drug-likeness (QED) is 0.284. The van der Waals surface area contributed by atoms with Gasteiger partial charge in [-0.25, -0.2) is 28.8 Å². The van der Waals surface area contributed by atoms with Crippen molar-refractivity contribution in [3.63, 3.8) is 0 Å². The van der Waals surface area contributed by atoms with Crippen LogP contribution in [-0.4, -0.2) is 71.6 Å². The van der Waals surface area contributed by atoms with Crippen LogP contribution in [0.2, 0.25) is 0 Å². The number of nitrogen functional groups attached to an aromatic ring is 1. The second-order valence-corrected chi connectivity index (χ2v) is 9.69. The molecule has 0 saturated carbocycles. The Morgan fingerprint density at radius 1 is 1.12 bits per heavy atom. The van der Waals surface area contributed by atoms with Crippen molar-refractivity contribution in [1.29, 1.82) is 0 Å². The summed E-state index contributed by atoms with van der Waals surface area (Å²) in [6, 6.07) is 10.2. The number of likely N-dealkylation sites (N-methyl/N-ethyl adjacent to an activating group) is 1. The molecule has 5 rings (SSSR count). The highest BCUT2D eigenvalue weighted by Gasteiger charge is 2.28. The van der Waals surface area contributed by atoms with E-state index in [2.05, 4.69) is 25.4 Å². The van der Waals surface area contributed by atoms with Crippen LogP contribution in [0.3, 0.4) is 0 Å². The van der Waals surface area contributed by atoms with Crippen molar-refractivity contribution in [2.75, 3.05) is 19.9 Å². The average Bonchev–Trinajstić information content (AvgIpc) is 3.68. The van der Waals surface area contributed by atoms with Crippen LogP contribution in [0.15, 0.2) is 61.4 Å². The van der Waals surface area contributed by atoms with Gasteiger partial charge in [0.05, 0.1) is 30.1 Å². The third-order valence-electron chi connectivity index (χ3n) is 7.22. The number of halogens is 1. The van der Waals surface area contributed by atoms with E-state index >= 15 is 0 Å². The second-order valence-electron chi connectivity index (χ2n) is 9.69. The number of hydrogen-bond acceptors (Lipinski definition) is 9. The van der Waals surface area contributed by atoms with Gasteiger partial charge >= 0.3 is 6.03 Å². The lowest BCUT2D eigenvalue weighted by Gasteiger charge is -2.29. The molecule has 216 valence electrons. The molecule has 0 radical (unpaired) electrons. The maximum absolute atomic E-state index is 13.7. The number of anilines is 1. The molecular weight excluding hydrogens is 543 g/mol. The van der Waals surface area contributed by atoms with Crippen LogP contribution >= 0.6 is 0 Å². The zero-order chi connectivity index (χ0) is 30.0. The van der Waals surface area contributed by atoms with Crippen molar-refractivity contribution < 1.29 is 18.7 Å². The Kier molecular flexibility index (Phi) is 7.78. The van der Waals surface area contributed by atoms with Crippen molar-refractivity contribution in [2.24, 2.45) is 0 Å². The normalized spacial score (nSPS) is 12.6. The van der Waals surface area contributed by atoms with Gasteiger partial charge in [0.15, 0.2) is 5.65 Å². The van der Waals surface area contributed by atoms with Crippen molar-refractivity contribution in [2.45, 2.75) is 32.5 Å². The van der Waals surface area contributed by atoms with Crippen LogP contribution in [0.1, 0.15) is 35.8 Å². The summed E-state index contributed by atoms with van der Waals surface area (Å²) in [6.07, 6.45) is 4.02. The van der Waals surface area contributed by atoms with Crippen molar-refractivity contribution in [3.8, 4) is 17.0 Å². The minimum Gasteiger partial charge on any atom is -0.496 e. The van der Waals surface area contributed by atoms with Crippen LogP contribution < -0.4 is 15.8 Å². The van der Waals surface area contributed by atoms with Crippen LogP contribution in [0.25, 0.3) is 22.3 Å². The first-order valence-electron chi connectivity index (χ1n) is 13.0. The molecule has 0 bridgehead atoms. The Hall–Kier alpha value is -5.40. The van der Waals surface area contributed by atoms with Gasteiger partial charge in [-0.1, -0.05) is 24.3 Å². The summed E-state index contributed by atoms with van der Waals surface area (Å²) in [5, 5.41) is 12.2. The summed E-state index contributed by atoms with van der Waals surface area (Å²) in [4.78, 5) is 39.5. The van der Waals surface area contributed by atoms with Gasteiger partial charge in [0.2, 0.25) is 0 Å². The number of rotatable bonds is 8. The SMILES string of the molecule is COc1ccc(F)cc1C(=O)NCc1ccc(-c2nn(C(C)C(C)N(C)C(=O)n3cncn3)c3ncnc(N)c23)cc1. The zero-order valence-corrected chi connectivity index (χ0v) is 23.4. The molecule has 0 fully saturated rings. The van der Waals surface area contributed by atoms with Crippen LogP contribution in [0.4, 0.5) is 15.0 Å². The Balaban J connectivity index is 1.38. The highest BCUT2D eigenvalue weighted by Crippen LogP contribution is 2.33. The summed E-state index contributed by atoms with van der Waals surface area (Å²) >= 11 is 0. The molecule has 0 spiro atoms. The molecule has 0 aliphatic carbocycles. The largest absolute Gasteiger partial charge is 0.496 e. The molecule has 2 amide bonds. The number of aromatic nitrogens is 7. The second kappa shape index (κ2) is 11.6. The number of nitrogens with two attached hydrogens (primary N) is 1. The van der Waals surface area contributed by atoms with Gasteiger partial charge in [-0.05, 0) is 37.6 Å². The van der Waals surface area contributed by atoms with Gasteiger partial charge in [0, 0.05) is 19.2 Å². The highest BCUT2D eigenvalue weighted by atomic mass is 19.1. The molecule has 2 atom stereocenters. The molecule has 2 unspecified atom stereocenters. The van der Waals surface area contributed by atoms with E-state index in [0.717, 1.165) is 21.9 Å². The Bertz CT molecular complexity index is 1740. The molecule has 3 heterocycles. The van der Waals surface area contributed by atoms with E-state index in [-0.39, 0.29) is 41.8 Å². The van der Waals surface area contributed by atoms with Gasteiger partial charge in [0.25, 0.3) is 5.91 Å². The van der Waals surface area contributed by atoms with Crippen molar-refractivity contribution in [3.05, 3.63) is 78.4 Å². The lowest BCUT2D eigenvalue weighted by molar-refractivity contribution is 0.0947. The van der Waals surface area contributed by atoms with Gasteiger partial charge in [0.1, 0.15) is 42.1 Å². The van der Waals surface area contributed by atoms with Crippen molar-refractivity contribution >= 4 is 28.8 Å². The third kappa shape index (κ3) is 5.33. The fraction of sp³-hybridized carbons (Fsp3) is 0.250. The number of nitrogens with zero attached hydrogens (tertiary/aromatic N) is 8. The zero-order valence-electron chi connectivity index (χ0n) is 23.4. The standard InChI is InChI=1S/C28H29FN10O3/c1-16(37(3)28(41)38-15-31-13-35-38)17(2)39-26-23(25(30)33-14-34-26)24(36-39)19-7-5-18(6-8-19)12-32-27(40)21-11-20(29)9-10-22(21)42-4/h5-11,13-17H,12H2,1-4H3,(H,32,40)(H2,30,33,34). The minimum atomic E-state index is -0.530. The lowest BCUT2D eigenvalue weighted by atomic mass is 10.1. The van der Waals surface area contributed by atoms with Crippen molar-refractivity contribution in [1.82, 2.24) is 44.7 Å². The van der Waals surface area contributed by atoms with E-state index in [1.54, 1.807) is 16.6 Å². The van der Waals surface area contributed by atoms with Gasteiger partial charge < -0.3 is 20.7 Å². The van der Waals surface area contributed by atoms with E-state index < -0.39 is 11.7 Å². The molecule has 2 aromatic carbocycles. The molecule has 0 saturated heterocycles. The summed E-state index contributed by atoms with van der Waals surface area (Å²) in [7, 11) is 3.10. The number of ether oxygens (including phenoxy) is 1. The lowest BCUT2D eigenvalue weighted by Crippen LogP contribution is -2.42. The first-order chi connectivity index (χ1) is 20.2. The topological polar surface area (TPSA) is 159 Å². The summed E-state index contributed by atoms with van der Waals surface area (Å²) in [5.41, 5.74) is 9.07. The summed E-state index contributed by atoms with van der Waals surface area (Å²) in [5.74, 6) is -0.435. The monoisotopic (exact) mass is 572 g/mol. The van der Waals surface area contributed by atoms with Crippen LogP contribution in [0.5, 0.6) is 5.75 Å². The van der Waals surface area contributed by atoms with E-state index in [1.807, 2.05) is 38.1 Å². The number of fused-ring (bicyclic) bond motifs is 1. The molecule has 5 aromatic rings. The molecular formula is C28H29FN10O3. The van der Waals surface area contributed by atoms with Gasteiger partial charge in [-0.15, -0.1) is 0 Å². The fourth-order valence-electron chi connectivity index (χ4n) is 4.57. The predicted molar refractivity (Wildman–Crippen MR) is 152 cm³/mol. The van der Waals surface area contributed by atoms with Gasteiger partial charge in [-0.3, -0.25) is 4.79 Å². The van der Waals surface area contributed by atoms with Crippen LogP contribution in [0, 0.1) is 5.82 Å². The number of carbonyl (C=O) groups is 2. The predicted octanol–water partition coefficient (Wildman–Crippen LogP) is 3.29. The van der Waals surface area contributed by atoms with E-state index in [1.165, 1.54) is 38.2 Å². The smallest absolute Gasteiger partial charge is 0.346 e. The highest BCUT2D eigenvalue weighted by molar-refractivity contribution is 5.98. The number of nitrogens with one attached hydrogen (secondary N) is 1. The number of hydrogen-bond donors (Lipinski definition) is 2. The summed E-state index contributed by atoms with van der Waals surface area (Å²) < 4.78 is 21.8. The maximum Gasteiger partial charge on any atom is 0.346 e. The number of carbonyl (C=O) groups excluding carboxylic acids is 2. The number of benzene rings is 2. The van der Waals surface area contributed by atoms with Gasteiger partial charge in [-0.2, -0.15) is 14.9 Å². The number of amides is 2. The molecule has 3 N–H and O–H groups in total. The first kappa shape index (κ1) is 28.1. The van der Waals surface area contributed by atoms with E-state index in [9.17, 15) is 14.0 Å². The molecule has 14 heteroatoms. The first-order valence-corrected chi connectivity index (χ1v) is 13.0. The fourth-order valence-corrected chi connectivity index (χ4v) is 4.57. The average molecular weight is 573 g/mol. The summed E-state index contributed by atoms with van der Waals surface area (Å²) in [6.45, 7) is 4.04. The molecule has 3 aromatic heterocycles. The third-order valence-corrected chi connectivity index (χ3v) is 7.22. The maximum atomic E-state index is 13.7. The van der Waals surface area contributed by atoms with E-state index in [0.29, 0.717) is 16.7 Å². The molecule has 42 heavy (non-hydrogen) atoms. The number of methoxy groups -OCH3 is 1. The molecule has 0 aliphatic rings. The Labute approximate surface area is 240 Å². The Morgan fingerprint density at radius 3 is 2.57 bits per heavy atom.